The zero-order chi connectivity index (χ0) is 24.8. The molecule has 178 valence electrons. The van der Waals surface area contributed by atoms with Crippen LogP contribution in [0.15, 0.2) is 64.4 Å². The Morgan fingerprint density at radius 2 is 2.00 bits per heavy atom. The summed E-state index contributed by atoms with van der Waals surface area (Å²) < 4.78 is 7.01. The minimum absolute atomic E-state index is 0.164. The molecule has 12 heteroatoms. The van der Waals surface area contributed by atoms with E-state index in [1.54, 1.807) is 35.9 Å². The molecule has 0 saturated carbocycles. The second kappa shape index (κ2) is 10.8. The number of hydrogen-bond acceptors (Lipinski definition) is 9. The lowest BCUT2D eigenvalue weighted by molar-refractivity contribution is -0.387. The summed E-state index contributed by atoms with van der Waals surface area (Å²) in [5, 5.41) is 32.1. The maximum Gasteiger partial charge on any atom is 0.283 e. The summed E-state index contributed by atoms with van der Waals surface area (Å²) in [5.74, 6) is -0.605. The molecule has 0 bridgehead atoms. The van der Waals surface area contributed by atoms with Crippen molar-refractivity contribution in [1.29, 1.82) is 5.26 Å². The number of carbonyl (C=O) groups excluding carboxylic acids is 1. The molecule has 0 unspecified atom stereocenters. The Labute approximate surface area is 205 Å². The first-order valence-electron chi connectivity index (χ1n) is 10.6. The number of nitrogens with one attached hydrogen (secondary N) is 1. The number of hydrogen-bond donors (Lipinski definition) is 1. The molecule has 1 aliphatic heterocycles. The summed E-state index contributed by atoms with van der Waals surface area (Å²) in [6.45, 7) is 2.95. The van der Waals surface area contributed by atoms with E-state index in [1.807, 2.05) is 18.2 Å². The summed E-state index contributed by atoms with van der Waals surface area (Å²) in [7, 11) is 1.74. The highest BCUT2D eigenvalue weighted by Gasteiger charge is 2.19. The average molecular weight is 492 g/mol. The first-order chi connectivity index (χ1) is 16.9. The zero-order valence-electron chi connectivity index (χ0n) is 18.7. The molecule has 35 heavy (non-hydrogen) atoms. The summed E-state index contributed by atoms with van der Waals surface area (Å²) in [6, 6.07) is 13.7. The van der Waals surface area contributed by atoms with Gasteiger partial charge in [0.05, 0.1) is 23.0 Å². The third-order valence-corrected chi connectivity index (χ3v) is 6.35. The van der Waals surface area contributed by atoms with Gasteiger partial charge in [0.15, 0.2) is 5.16 Å². The Bertz CT molecular complexity index is 1310. The van der Waals surface area contributed by atoms with Gasteiger partial charge in [-0.1, -0.05) is 6.07 Å². The van der Waals surface area contributed by atoms with Gasteiger partial charge >= 0.3 is 0 Å². The van der Waals surface area contributed by atoms with Crippen LogP contribution in [-0.2, 0) is 16.6 Å². The maximum atomic E-state index is 12.7. The number of benzene rings is 2. The SMILES string of the molecule is Cn1cnnc1Sc1ccc(/C=C(\C#N)C(=O)Nc2ccc(N3CCOCC3)cc2)cc1[N+](=O)[O-]. The van der Waals surface area contributed by atoms with Crippen molar-refractivity contribution >= 4 is 40.8 Å². The predicted octanol–water partition coefficient (Wildman–Crippen LogP) is 3.26. The molecule has 1 aliphatic rings. The van der Waals surface area contributed by atoms with Gasteiger partial charge in [-0.05, 0) is 53.7 Å². The predicted molar refractivity (Wildman–Crippen MR) is 130 cm³/mol. The van der Waals surface area contributed by atoms with Gasteiger partial charge in [-0.25, -0.2) is 0 Å². The highest BCUT2D eigenvalue weighted by Crippen LogP contribution is 2.34. The fourth-order valence-electron chi connectivity index (χ4n) is 3.41. The number of aromatic nitrogens is 3. The molecule has 2 aromatic carbocycles. The molecule has 1 aromatic heterocycles. The quantitative estimate of drug-likeness (QED) is 0.228. The third kappa shape index (κ3) is 5.84. The van der Waals surface area contributed by atoms with Crippen LogP contribution >= 0.6 is 11.8 Å². The minimum Gasteiger partial charge on any atom is -0.378 e. The van der Waals surface area contributed by atoms with E-state index >= 15 is 0 Å². The smallest absolute Gasteiger partial charge is 0.283 e. The number of carbonyl (C=O) groups is 1. The minimum atomic E-state index is -0.605. The van der Waals surface area contributed by atoms with E-state index in [0.29, 0.717) is 34.5 Å². The van der Waals surface area contributed by atoms with Gasteiger partial charge in [0.1, 0.15) is 18.0 Å². The molecule has 4 rings (SSSR count). The van der Waals surface area contributed by atoms with Crippen LogP contribution in [0.4, 0.5) is 17.1 Å². The molecule has 0 spiro atoms. The zero-order valence-corrected chi connectivity index (χ0v) is 19.6. The number of nitro benzene ring substituents is 1. The fraction of sp³-hybridized carbons (Fsp3) is 0.217. The van der Waals surface area contributed by atoms with Crippen molar-refractivity contribution < 1.29 is 14.5 Å². The first kappa shape index (κ1) is 23.9. The number of nitro groups is 1. The van der Waals surface area contributed by atoms with Gasteiger partial charge in [-0.15, -0.1) is 10.2 Å². The lowest BCUT2D eigenvalue weighted by Gasteiger charge is -2.28. The number of morpholine rings is 1. The van der Waals surface area contributed by atoms with Crippen molar-refractivity contribution in [1.82, 2.24) is 14.8 Å². The summed E-state index contributed by atoms with van der Waals surface area (Å²) in [5.41, 5.74) is 1.57. The van der Waals surface area contributed by atoms with E-state index in [9.17, 15) is 20.2 Å². The first-order valence-corrected chi connectivity index (χ1v) is 11.4. The number of nitriles is 1. The molecule has 1 fully saturated rings. The van der Waals surface area contributed by atoms with E-state index in [0.717, 1.165) is 30.5 Å². The van der Waals surface area contributed by atoms with Crippen LogP contribution in [-0.4, -0.2) is 51.9 Å². The monoisotopic (exact) mass is 491 g/mol. The molecule has 0 radical (unpaired) electrons. The molecular weight excluding hydrogens is 470 g/mol. The normalized spacial score (nSPS) is 13.8. The van der Waals surface area contributed by atoms with Crippen LogP contribution in [0.2, 0.25) is 0 Å². The van der Waals surface area contributed by atoms with Crippen LogP contribution in [0.25, 0.3) is 6.08 Å². The number of rotatable bonds is 7. The molecular formula is C23H21N7O4S. The second-order valence-electron chi connectivity index (χ2n) is 7.58. The molecule has 1 N–H and O–H groups in total. The van der Waals surface area contributed by atoms with Crippen molar-refractivity contribution in [3.05, 3.63) is 70.0 Å². The van der Waals surface area contributed by atoms with Crippen LogP contribution in [0, 0.1) is 21.4 Å². The summed E-state index contributed by atoms with van der Waals surface area (Å²) in [6.07, 6.45) is 2.82. The molecule has 2 heterocycles. The van der Waals surface area contributed by atoms with E-state index in [4.69, 9.17) is 4.74 Å². The van der Waals surface area contributed by atoms with Crippen molar-refractivity contribution in [3.63, 3.8) is 0 Å². The number of ether oxygens (including phenoxy) is 1. The Hall–Kier alpha value is -4.21. The van der Waals surface area contributed by atoms with E-state index in [1.165, 1.54) is 18.5 Å². The van der Waals surface area contributed by atoms with Crippen LogP contribution < -0.4 is 10.2 Å². The second-order valence-corrected chi connectivity index (χ2v) is 8.59. The van der Waals surface area contributed by atoms with E-state index in [2.05, 4.69) is 20.4 Å². The number of anilines is 2. The summed E-state index contributed by atoms with van der Waals surface area (Å²) in [4.78, 5) is 26.4. The van der Waals surface area contributed by atoms with Gasteiger partial charge in [-0.3, -0.25) is 14.9 Å². The Kier molecular flexibility index (Phi) is 7.39. The molecule has 3 aromatic rings. The van der Waals surface area contributed by atoms with E-state index in [-0.39, 0.29) is 11.3 Å². The van der Waals surface area contributed by atoms with E-state index < -0.39 is 10.8 Å². The van der Waals surface area contributed by atoms with Gasteiger partial charge in [0, 0.05) is 37.6 Å². The van der Waals surface area contributed by atoms with Crippen LogP contribution in [0.5, 0.6) is 0 Å². The topological polar surface area (TPSA) is 139 Å². The summed E-state index contributed by atoms with van der Waals surface area (Å²) >= 11 is 1.10. The van der Waals surface area contributed by atoms with Crippen molar-refractivity contribution in [2.75, 3.05) is 36.5 Å². The van der Waals surface area contributed by atoms with Crippen molar-refractivity contribution in [2.45, 2.75) is 10.1 Å². The molecule has 0 atom stereocenters. The Morgan fingerprint density at radius 1 is 1.26 bits per heavy atom. The highest BCUT2D eigenvalue weighted by molar-refractivity contribution is 7.99. The lowest BCUT2D eigenvalue weighted by atomic mass is 10.1. The Balaban J connectivity index is 1.49. The number of amides is 1. The molecule has 11 nitrogen and oxygen atoms in total. The maximum absolute atomic E-state index is 12.7. The fourth-order valence-corrected chi connectivity index (χ4v) is 4.26. The largest absolute Gasteiger partial charge is 0.378 e. The van der Waals surface area contributed by atoms with Crippen LogP contribution in [0.1, 0.15) is 5.56 Å². The van der Waals surface area contributed by atoms with Crippen molar-refractivity contribution in [2.24, 2.45) is 7.05 Å². The van der Waals surface area contributed by atoms with Crippen molar-refractivity contribution in [3.8, 4) is 6.07 Å². The molecule has 1 saturated heterocycles. The standard InChI is InChI=1S/C23H21N7O4S/c1-28-15-25-27-23(28)35-21-7-2-16(13-20(21)30(32)33)12-17(14-24)22(31)26-18-3-5-19(6-4-18)29-8-10-34-11-9-29/h2-7,12-13,15H,8-11H2,1H3,(H,26,31)/b17-12+. The van der Waals surface area contributed by atoms with Crippen LogP contribution in [0.3, 0.4) is 0 Å². The average Bonchev–Trinajstić information content (AvgIpc) is 3.28. The highest BCUT2D eigenvalue weighted by atomic mass is 32.2. The number of aryl methyl sites for hydroxylation is 1. The Morgan fingerprint density at radius 3 is 2.63 bits per heavy atom. The van der Waals surface area contributed by atoms with Gasteiger partial charge in [0.25, 0.3) is 11.6 Å². The van der Waals surface area contributed by atoms with Gasteiger partial charge < -0.3 is 19.5 Å². The third-order valence-electron chi connectivity index (χ3n) is 5.23. The lowest BCUT2D eigenvalue weighted by Crippen LogP contribution is -2.36. The van der Waals surface area contributed by atoms with Gasteiger partial charge in [-0.2, -0.15) is 5.26 Å². The number of nitrogens with zero attached hydrogens (tertiary/aromatic N) is 6. The van der Waals surface area contributed by atoms with Gasteiger partial charge in [0.2, 0.25) is 0 Å². The molecule has 1 amide bonds. The molecule has 0 aliphatic carbocycles.